The molecule has 1 atom stereocenters. The molecule has 0 radical (unpaired) electrons. The van der Waals surface area contributed by atoms with Crippen LogP contribution >= 0.6 is 0 Å². The number of nitrogens with one attached hydrogen (secondary N) is 1. The zero-order valence-electron chi connectivity index (χ0n) is 17.1. The predicted octanol–water partition coefficient (Wildman–Crippen LogP) is 6.35. The fourth-order valence-electron chi connectivity index (χ4n) is 3.46. The summed E-state index contributed by atoms with van der Waals surface area (Å²) in [4.78, 5) is 15.8. The third-order valence-electron chi connectivity index (χ3n) is 4.98. The monoisotopic (exact) mass is 416 g/mol. The summed E-state index contributed by atoms with van der Waals surface area (Å²) in [7, 11) is 0. The minimum Gasteiger partial charge on any atom is -0.478 e. The Balaban J connectivity index is 1.71. The zero-order chi connectivity index (χ0) is 22.0. The summed E-state index contributed by atoms with van der Waals surface area (Å²) >= 11 is 0. The Bertz CT molecular complexity index is 1260. The smallest absolute Gasteiger partial charge is 0.335 e. The molecule has 3 aromatic carbocycles. The molecule has 5 nitrogen and oxygen atoms in total. The SMILES string of the molecule is Cc1cc2cccc(Oc3cccc(F)c3)c2c(N[C@@H](C)c2ccc(C(=O)O)cc2)n1. The first-order valence-corrected chi connectivity index (χ1v) is 9.84. The molecule has 0 saturated heterocycles. The molecule has 0 aliphatic heterocycles. The number of hydrogen-bond donors (Lipinski definition) is 2. The number of fused-ring (bicyclic) bond motifs is 1. The first-order valence-electron chi connectivity index (χ1n) is 9.84. The summed E-state index contributed by atoms with van der Waals surface area (Å²) in [5.74, 6) is 0.265. The molecular weight excluding hydrogens is 395 g/mol. The van der Waals surface area contributed by atoms with Crippen molar-refractivity contribution in [3.8, 4) is 11.5 Å². The second-order valence-corrected chi connectivity index (χ2v) is 7.32. The number of aryl methyl sites for hydroxylation is 1. The molecule has 4 rings (SSSR count). The molecule has 0 aliphatic rings. The molecule has 1 aromatic heterocycles. The number of benzene rings is 3. The maximum atomic E-state index is 13.6. The molecule has 0 saturated carbocycles. The Morgan fingerprint density at radius 3 is 2.52 bits per heavy atom. The average molecular weight is 416 g/mol. The highest BCUT2D eigenvalue weighted by molar-refractivity contribution is 5.97. The third kappa shape index (κ3) is 4.48. The summed E-state index contributed by atoms with van der Waals surface area (Å²) in [6.45, 7) is 3.89. The van der Waals surface area contributed by atoms with Crippen molar-refractivity contribution in [2.45, 2.75) is 19.9 Å². The van der Waals surface area contributed by atoms with E-state index in [9.17, 15) is 9.18 Å². The van der Waals surface area contributed by atoms with Gasteiger partial charge >= 0.3 is 5.97 Å². The quantitative estimate of drug-likeness (QED) is 0.383. The third-order valence-corrected chi connectivity index (χ3v) is 4.98. The van der Waals surface area contributed by atoms with Crippen molar-refractivity contribution in [3.63, 3.8) is 0 Å². The number of hydrogen-bond acceptors (Lipinski definition) is 4. The molecule has 4 aromatic rings. The maximum Gasteiger partial charge on any atom is 0.335 e. The van der Waals surface area contributed by atoms with Gasteiger partial charge in [-0.3, -0.25) is 0 Å². The Labute approximate surface area is 179 Å². The Kier molecular flexibility index (Phi) is 5.54. The van der Waals surface area contributed by atoms with Gasteiger partial charge < -0.3 is 15.2 Å². The minimum absolute atomic E-state index is 0.137. The molecule has 1 heterocycles. The van der Waals surface area contributed by atoms with E-state index < -0.39 is 5.97 Å². The van der Waals surface area contributed by atoms with Crippen LogP contribution in [0.25, 0.3) is 10.8 Å². The Morgan fingerprint density at radius 1 is 1.06 bits per heavy atom. The number of anilines is 1. The normalized spacial score (nSPS) is 11.8. The van der Waals surface area contributed by atoms with Crippen LogP contribution in [0.1, 0.15) is 34.6 Å². The molecule has 2 N–H and O–H groups in total. The van der Waals surface area contributed by atoms with Crippen molar-refractivity contribution in [3.05, 3.63) is 95.4 Å². The lowest BCUT2D eigenvalue weighted by atomic mass is 10.0. The van der Waals surface area contributed by atoms with Gasteiger partial charge in [-0.15, -0.1) is 0 Å². The first kappa shape index (κ1) is 20.3. The number of halogens is 1. The fourth-order valence-corrected chi connectivity index (χ4v) is 3.46. The zero-order valence-corrected chi connectivity index (χ0v) is 17.1. The first-order chi connectivity index (χ1) is 14.9. The van der Waals surface area contributed by atoms with Crippen molar-refractivity contribution in [2.24, 2.45) is 0 Å². The highest BCUT2D eigenvalue weighted by atomic mass is 19.1. The maximum absolute atomic E-state index is 13.6. The van der Waals surface area contributed by atoms with Crippen LogP contribution in [-0.4, -0.2) is 16.1 Å². The second kappa shape index (κ2) is 8.44. The molecule has 6 heteroatoms. The number of carboxylic acids is 1. The van der Waals surface area contributed by atoms with Crippen LogP contribution in [-0.2, 0) is 0 Å². The van der Waals surface area contributed by atoms with Gasteiger partial charge in [0.15, 0.2) is 0 Å². The molecule has 0 unspecified atom stereocenters. The molecule has 0 fully saturated rings. The number of rotatable bonds is 6. The number of nitrogens with zero attached hydrogens (tertiary/aromatic N) is 1. The lowest BCUT2D eigenvalue weighted by molar-refractivity contribution is 0.0697. The lowest BCUT2D eigenvalue weighted by Gasteiger charge is -2.19. The topological polar surface area (TPSA) is 71.5 Å². The summed E-state index contributed by atoms with van der Waals surface area (Å²) in [5, 5.41) is 14.2. The molecule has 31 heavy (non-hydrogen) atoms. The van der Waals surface area contributed by atoms with Gasteiger partial charge in [0.1, 0.15) is 23.1 Å². The standard InChI is InChI=1S/C25H21FN2O3/c1-15-13-19-5-3-8-22(31-21-7-4-6-20(26)14-21)23(19)24(27-15)28-16(2)17-9-11-18(12-10-17)25(29)30/h3-14,16H,1-2H3,(H,27,28)(H,29,30)/t16-/m0/s1. The van der Waals surface area contributed by atoms with Crippen LogP contribution in [0.4, 0.5) is 10.2 Å². The van der Waals surface area contributed by atoms with Crippen molar-refractivity contribution in [2.75, 3.05) is 5.32 Å². The summed E-state index contributed by atoms with van der Waals surface area (Å²) in [6.07, 6.45) is 0. The fraction of sp³-hybridized carbons (Fsp3) is 0.120. The molecule has 0 spiro atoms. The van der Waals surface area contributed by atoms with E-state index in [0.29, 0.717) is 17.3 Å². The number of aromatic nitrogens is 1. The summed E-state index contributed by atoms with van der Waals surface area (Å²) in [6, 6.07) is 20.2. The summed E-state index contributed by atoms with van der Waals surface area (Å²) < 4.78 is 19.6. The van der Waals surface area contributed by atoms with Gasteiger partial charge in [-0.25, -0.2) is 14.2 Å². The van der Waals surface area contributed by atoms with Crippen LogP contribution in [0.3, 0.4) is 0 Å². The van der Waals surface area contributed by atoms with Gasteiger partial charge in [-0.1, -0.05) is 30.3 Å². The number of pyridine rings is 1. The Morgan fingerprint density at radius 2 is 1.81 bits per heavy atom. The van der Waals surface area contributed by atoms with Crippen LogP contribution in [0, 0.1) is 12.7 Å². The minimum atomic E-state index is -0.961. The van der Waals surface area contributed by atoms with E-state index in [4.69, 9.17) is 9.84 Å². The van der Waals surface area contributed by atoms with E-state index in [2.05, 4.69) is 10.3 Å². The van der Waals surface area contributed by atoms with Gasteiger partial charge in [-0.2, -0.15) is 0 Å². The van der Waals surface area contributed by atoms with Crippen LogP contribution in [0.15, 0.2) is 72.8 Å². The van der Waals surface area contributed by atoms with Crippen LogP contribution in [0.2, 0.25) is 0 Å². The molecule has 0 bridgehead atoms. The van der Waals surface area contributed by atoms with Crippen molar-refractivity contribution < 1.29 is 19.0 Å². The highest BCUT2D eigenvalue weighted by Gasteiger charge is 2.15. The van der Waals surface area contributed by atoms with Gasteiger partial charge in [-0.05, 0) is 61.2 Å². The van der Waals surface area contributed by atoms with Gasteiger partial charge in [0.2, 0.25) is 0 Å². The van der Waals surface area contributed by atoms with Gasteiger partial charge in [0.25, 0.3) is 0 Å². The number of aromatic carboxylic acids is 1. The molecule has 156 valence electrons. The Hall–Kier alpha value is -3.93. The second-order valence-electron chi connectivity index (χ2n) is 7.32. The lowest BCUT2D eigenvalue weighted by Crippen LogP contribution is -2.09. The largest absolute Gasteiger partial charge is 0.478 e. The number of carbonyl (C=O) groups is 1. The number of ether oxygens (including phenoxy) is 1. The highest BCUT2D eigenvalue weighted by Crippen LogP contribution is 2.36. The van der Waals surface area contributed by atoms with Crippen molar-refractivity contribution >= 4 is 22.6 Å². The molecular formula is C25H21FN2O3. The average Bonchev–Trinajstić information content (AvgIpc) is 2.73. The van der Waals surface area contributed by atoms with E-state index in [-0.39, 0.29) is 17.4 Å². The molecule has 0 aliphatic carbocycles. The van der Waals surface area contributed by atoms with E-state index in [1.54, 1.807) is 36.4 Å². The van der Waals surface area contributed by atoms with E-state index in [0.717, 1.165) is 22.0 Å². The van der Waals surface area contributed by atoms with Crippen LogP contribution in [0.5, 0.6) is 11.5 Å². The van der Waals surface area contributed by atoms with E-state index >= 15 is 0 Å². The van der Waals surface area contributed by atoms with E-state index in [1.807, 2.05) is 38.1 Å². The van der Waals surface area contributed by atoms with Gasteiger partial charge in [0.05, 0.1) is 10.9 Å². The summed E-state index contributed by atoms with van der Waals surface area (Å²) in [5.41, 5.74) is 2.00. The van der Waals surface area contributed by atoms with Gasteiger partial charge in [0, 0.05) is 17.8 Å². The number of carboxylic acid groups (broad SMARTS) is 1. The van der Waals surface area contributed by atoms with E-state index in [1.165, 1.54) is 12.1 Å². The van der Waals surface area contributed by atoms with Crippen LogP contribution < -0.4 is 10.1 Å². The molecule has 0 amide bonds. The predicted molar refractivity (Wildman–Crippen MR) is 118 cm³/mol. The van der Waals surface area contributed by atoms with Crippen molar-refractivity contribution in [1.29, 1.82) is 0 Å². The van der Waals surface area contributed by atoms with Crippen molar-refractivity contribution in [1.82, 2.24) is 4.98 Å².